The third-order valence-corrected chi connectivity index (χ3v) is 8.13. The molecule has 4 N–H and O–H groups in total. The molecule has 3 aliphatic rings. The summed E-state index contributed by atoms with van der Waals surface area (Å²) in [5, 5.41) is 21.0. The Hall–Kier alpha value is -2.90. The number of carbonyl (C=O) groups excluding carboxylic acids is 2. The molecule has 3 fully saturated rings. The number of aliphatic hydroxyl groups excluding tert-OH is 1. The fourth-order valence-electron chi connectivity index (χ4n) is 5.80. The normalized spacial score (nSPS) is 24.0. The largest absolute Gasteiger partial charge is 0.392 e. The fraction of sp³-hybridized carbons (Fsp3) is 0.548. The topological polar surface area (TPSA) is 139 Å². The minimum atomic E-state index is -0.627. The molecule has 42 heavy (non-hydrogen) atoms. The van der Waals surface area contributed by atoms with Crippen LogP contribution in [0.25, 0.3) is 0 Å². The number of hydrogen-bond acceptors (Lipinski definition) is 9. The van der Waals surface area contributed by atoms with Crippen LogP contribution in [0.2, 0.25) is 0 Å². The number of hydroxylamine groups is 1. The smallest absolute Gasteiger partial charge is 0.243 e. The fourth-order valence-corrected chi connectivity index (χ4v) is 5.80. The van der Waals surface area contributed by atoms with E-state index in [-0.39, 0.29) is 37.6 Å². The van der Waals surface area contributed by atoms with Crippen LogP contribution in [0.15, 0.2) is 48.5 Å². The molecule has 0 aliphatic carbocycles. The minimum Gasteiger partial charge on any atom is -0.392 e. The monoisotopic (exact) mass is 583 g/mol. The zero-order chi connectivity index (χ0) is 29.4. The molecule has 0 radical (unpaired) electrons. The van der Waals surface area contributed by atoms with E-state index in [0.717, 1.165) is 49.2 Å². The van der Waals surface area contributed by atoms with Gasteiger partial charge in [-0.2, -0.15) is 0 Å². The molecule has 11 nitrogen and oxygen atoms in total. The van der Waals surface area contributed by atoms with Crippen LogP contribution in [0.3, 0.4) is 0 Å². The van der Waals surface area contributed by atoms with Gasteiger partial charge in [0.2, 0.25) is 11.8 Å². The van der Waals surface area contributed by atoms with E-state index in [1.54, 1.807) is 5.48 Å². The van der Waals surface area contributed by atoms with Crippen LogP contribution in [0, 0.1) is 0 Å². The SMILES string of the molecule is O=C(CCCCC(=O)Nc1cccc([C@@H]2O[C@H](CN3CCC4(CC3)OCCO4)C[C@H](c3ccc(CO)cc3)O2)c1)NO. The number of piperidine rings is 1. The number of aliphatic hydroxyl groups is 1. The van der Waals surface area contributed by atoms with Crippen molar-refractivity contribution in [2.24, 2.45) is 0 Å². The molecule has 228 valence electrons. The highest BCUT2D eigenvalue weighted by Crippen LogP contribution is 2.39. The number of nitrogens with zero attached hydrogens (tertiary/aromatic N) is 1. The number of hydrogen-bond donors (Lipinski definition) is 4. The number of rotatable bonds is 11. The van der Waals surface area contributed by atoms with Crippen LogP contribution in [-0.4, -0.2) is 71.8 Å². The molecule has 3 aliphatic heterocycles. The van der Waals surface area contributed by atoms with Crippen molar-refractivity contribution in [1.82, 2.24) is 10.4 Å². The quantitative estimate of drug-likeness (QED) is 0.178. The summed E-state index contributed by atoms with van der Waals surface area (Å²) in [4.78, 5) is 26.1. The van der Waals surface area contributed by atoms with Gasteiger partial charge < -0.3 is 34.3 Å². The van der Waals surface area contributed by atoms with Gasteiger partial charge >= 0.3 is 0 Å². The average molecular weight is 584 g/mol. The summed E-state index contributed by atoms with van der Waals surface area (Å²) in [5.74, 6) is -1.04. The van der Waals surface area contributed by atoms with Gasteiger partial charge in [0.25, 0.3) is 0 Å². The molecule has 11 heteroatoms. The molecule has 2 amide bonds. The number of ether oxygens (including phenoxy) is 4. The highest BCUT2D eigenvalue weighted by atomic mass is 16.7. The van der Waals surface area contributed by atoms with E-state index < -0.39 is 18.0 Å². The van der Waals surface area contributed by atoms with Crippen LogP contribution < -0.4 is 10.8 Å². The summed E-state index contributed by atoms with van der Waals surface area (Å²) in [6.07, 6.45) is 2.91. The molecule has 3 saturated heterocycles. The van der Waals surface area contributed by atoms with Crippen molar-refractivity contribution in [3.63, 3.8) is 0 Å². The Balaban J connectivity index is 1.24. The Morgan fingerprint density at radius 2 is 1.64 bits per heavy atom. The summed E-state index contributed by atoms with van der Waals surface area (Å²) in [7, 11) is 0. The summed E-state index contributed by atoms with van der Waals surface area (Å²) >= 11 is 0. The Labute approximate surface area is 246 Å². The predicted octanol–water partition coefficient (Wildman–Crippen LogP) is 3.57. The first-order valence-corrected chi connectivity index (χ1v) is 14.8. The molecule has 0 aromatic heterocycles. The third kappa shape index (κ3) is 8.13. The van der Waals surface area contributed by atoms with E-state index >= 15 is 0 Å². The first-order valence-electron chi connectivity index (χ1n) is 14.8. The van der Waals surface area contributed by atoms with Gasteiger partial charge in [0.05, 0.1) is 32.0 Å². The number of nitrogens with one attached hydrogen (secondary N) is 2. The van der Waals surface area contributed by atoms with Gasteiger partial charge in [-0.25, -0.2) is 5.48 Å². The first-order chi connectivity index (χ1) is 20.4. The molecule has 0 saturated carbocycles. The van der Waals surface area contributed by atoms with Crippen LogP contribution in [0.1, 0.15) is 74.0 Å². The Bertz CT molecular complexity index is 1180. The predicted molar refractivity (Wildman–Crippen MR) is 152 cm³/mol. The van der Waals surface area contributed by atoms with E-state index in [9.17, 15) is 14.7 Å². The third-order valence-electron chi connectivity index (χ3n) is 8.13. The van der Waals surface area contributed by atoms with Crippen LogP contribution in [-0.2, 0) is 35.1 Å². The molecule has 2 aromatic carbocycles. The number of likely N-dealkylation sites (tertiary alicyclic amines) is 1. The van der Waals surface area contributed by atoms with Crippen LogP contribution in [0.4, 0.5) is 5.69 Å². The Morgan fingerprint density at radius 1 is 0.929 bits per heavy atom. The maximum atomic E-state index is 12.5. The van der Waals surface area contributed by atoms with Gasteiger partial charge in [0.1, 0.15) is 0 Å². The number of carbonyl (C=O) groups is 2. The zero-order valence-electron chi connectivity index (χ0n) is 23.8. The van der Waals surface area contributed by atoms with Crippen molar-refractivity contribution in [2.75, 3.05) is 38.2 Å². The first kappa shape index (κ1) is 30.6. The summed E-state index contributed by atoms with van der Waals surface area (Å²) < 4.78 is 24.8. The van der Waals surface area contributed by atoms with Gasteiger partial charge in [0.15, 0.2) is 12.1 Å². The second-order valence-corrected chi connectivity index (χ2v) is 11.2. The van der Waals surface area contributed by atoms with Gasteiger partial charge in [-0.3, -0.25) is 14.8 Å². The van der Waals surface area contributed by atoms with E-state index in [0.29, 0.717) is 38.2 Å². The van der Waals surface area contributed by atoms with Gasteiger partial charge in [-0.1, -0.05) is 36.4 Å². The van der Waals surface area contributed by atoms with E-state index in [1.165, 1.54) is 0 Å². The molecule has 1 spiro atoms. The lowest BCUT2D eigenvalue weighted by atomic mass is 9.98. The van der Waals surface area contributed by atoms with Crippen molar-refractivity contribution >= 4 is 17.5 Å². The Kier molecular flexibility index (Phi) is 10.6. The Morgan fingerprint density at radius 3 is 2.33 bits per heavy atom. The molecule has 0 unspecified atom stereocenters. The molecular weight excluding hydrogens is 542 g/mol. The van der Waals surface area contributed by atoms with Gasteiger partial charge in [-0.05, 0) is 36.1 Å². The lowest BCUT2D eigenvalue weighted by Gasteiger charge is -2.41. The zero-order valence-corrected chi connectivity index (χ0v) is 23.8. The van der Waals surface area contributed by atoms with Crippen molar-refractivity contribution in [2.45, 2.75) is 75.8 Å². The molecule has 3 heterocycles. The summed E-state index contributed by atoms with van der Waals surface area (Å²) in [5.41, 5.74) is 4.91. The number of amides is 2. The molecule has 0 bridgehead atoms. The van der Waals surface area contributed by atoms with E-state index in [1.807, 2.05) is 48.5 Å². The standard InChI is InChI=1S/C31H41N3O8/c35-21-22-8-10-23(11-9-22)27-19-26(20-34-14-12-31(13-15-34)39-16-17-40-31)41-30(42-27)24-4-3-5-25(18-24)32-28(36)6-1-2-7-29(37)33-38/h3-5,8-11,18,26-27,30,35,38H,1-2,6-7,12-17,19-21H2,(H,32,36)(H,33,37)/t26-,27+,30+/m0/s1. The lowest BCUT2D eigenvalue weighted by Crippen LogP contribution is -2.48. The van der Waals surface area contributed by atoms with Crippen LogP contribution in [0.5, 0.6) is 0 Å². The highest BCUT2D eigenvalue weighted by molar-refractivity contribution is 5.90. The molecule has 2 aromatic rings. The van der Waals surface area contributed by atoms with Crippen LogP contribution >= 0.6 is 0 Å². The van der Waals surface area contributed by atoms with Crippen molar-refractivity contribution in [1.29, 1.82) is 0 Å². The number of unbranched alkanes of at least 4 members (excludes halogenated alkanes) is 1. The van der Waals surface area contributed by atoms with Crippen molar-refractivity contribution in [3.05, 3.63) is 65.2 Å². The molecular formula is C31H41N3O8. The number of benzene rings is 2. The minimum absolute atomic E-state index is 0.0133. The maximum Gasteiger partial charge on any atom is 0.243 e. The van der Waals surface area contributed by atoms with Gasteiger partial charge in [0, 0.05) is 63.0 Å². The summed E-state index contributed by atoms with van der Waals surface area (Å²) in [6.45, 7) is 3.79. The van der Waals surface area contributed by atoms with E-state index in [2.05, 4.69) is 10.2 Å². The van der Waals surface area contributed by atoms with Crippen molar-refractivity contribution < 1.29 is 38.9 Å². The van der Waals surface area contributed by atoms with E-state index in [4.69, 9.17) is 24.2 Å². The van der Waals surface area contributed by atoms with Crippen molar-refractivity contribution in [3.8, 4) is 0 Å². The second-order valence-electron chi connectivity index (χ2n) is 11.2. The second kappa shape index (κ2) is 14.5. The van der Waals surface area contributed by atoms with Gasteiger partial charge in [-0.15, -0.1) is 0 Å². The number of anilines is 1. The lowest BCUT2D eigenvalue weighted by molar-refractivity contribution is -0.255. The maximum absolute atomic E-state index is 12.5. The summed E-state index contributed by atoms with van der Waals surface area (Å²) in [6, 6.07) is 15.3. The molecule has 3 atom stereocenters. The molecule has 5 rings (SSSR count). The highest BCUT2D eigenvalue weighted by Gasteiger charge is 2.41. The average Bonchev–Trinajstić information content (AvgIpc) is 3.48.